The van der Waals surface area contributed by atoms with E-state index >= 15 is 0 Å². The van der Waals surface area contributed by atoms with Gasteiger partial charge >= 0.3 is 0 Å². The molecule has 0 bridgehead atoms. The third-order valence-corrected chi connectivity index (χ3v) is 13.3. The molecule has 0 unspecified atom stereocenters. The molecule has 12 aromatic rings. The van der Waals surface area contributed by atoms with Gasteiger partial charge in [0.1, 0.15) is 0 Å². The molecular formula is C64H40N10O2. The summed E-state index contributed by atoms with van der Waals surface area (Å²) in [5, 5.41) is 0. The van der Waals surface area contributed by atoms with Gasteiger partial charge in [-0.05, 0) is 157 Å². The number of anilines is 6. The van der Waals surface area contributed by atoms with Gasteiger partial charge in [-0.3, -0.25) is 19.9 Å². The van der Waals surface area contributed by atoms with E-state index < -0.39 is 0 Å². The molecule has 76 heavy (non-hydrogen) atoms. The van der Waals surface area contributed by atoms with Crippen LogP contribution in [0.4, 0.5) is 34.1 Å². The van der Waals surface area contributed by atoms with E-state index in [0.717, 1.165) is 90.5 Å². The third kappa shape index (κ3) is 8.17. The highest BCUT2D eigenvalue weighted by Gasteiger charge is 2.30. The van der Waals surface area contributed by atoms with Crippen molar-refractivity contribution in [2.45, 2.75) is 0 Å². The molecule has 0 atom stereocenters. The SMILES string of the molecule is c1ccc(-c2cc(-c3cccnc3)nc(-c3cc(-c4cc(N5c6ccccc6Oc6ccccc65)cc(N5c6ccccc6Oc6ccccc65)c4)cc(-c4nc(-c5cccnc5)cc(-c5ccccn5)n4)c3)n2)nc1. The lowest BCUT2D eigenvalue weighted by atomic mass is 9.96. The lowest BCUT2D eigenvalue weighted by Crippen LogP contribution is -2.18. The zero-order chi connectivity index (χ0) is 50.4. The molecule has 8 heterocycles. The second kappa shape index (κ2) is 18.7. The summed E-state index contributed by atoms with van der Waals surface area (Å²) in [6.45, 7) is 0. The molecule has 0 saturated heterocycles. The highest BCUT2D eigenvalue weighted by molar-refractivity contribution is 5.94. The van der Waals surface area contributed by atoms with Crippen LogP contribution < -0.4 is 19.3 Å². The van der Waals surface area contributed by atoms with E-state index in [-0.39, 0.29) is 0 Å². The third-order valence-electron chi connectivity index (χ3n) is 13.3. The average Bonchev–Trinajstić information content (AvgIpc) is 3.50. The first kappa shape index (κ1) is 44.0. The summed E-state index contributed by atoms with van der Waals surface area (Å²) in [5.74, 6) is 3.90. The van der Waals surface area contributed by atoms with Crippen LogP contribution in [0.1, 0.15) is 0 Å². The molecule has 12 heteroatoms. The lowest BCUT2D eigenvalue weighted by molar-refractivity contribution is 0.477. The molecule has 0 fully saturated rings. The van der Waals surface area contributed by atoms with Gasteiger partial charge in [-0.15, -0.1) is 0 Å². The number of benzene rings is 6. The number of aromatic nitrogens is 8. The Labute approximate surface area is 437 Å². The summed E-state index contributed by atoms with van der Waals surface area (Å²) in [6.07, 6.45) is 10.7. The van der Waals surface area contributed by atoms with Crippen molar-refractivity contribution in [2.75, 3.05) is 9.80 Å². The molecule has 6 aromatic carbocycles. The van der Waals surface area contributed by atoms with Crippen LogP contribution in [0, 0.1) is 0 Å². The summed E-state index contributed by atoms with van der Waals surface area (Å²) in [7, 11) is 0. The van der Waals surface area contributed by atoms with Gasteiger partial charge in [-0.2, -0.15) is 0 Å². The molecule has 0 saturated carbocycles. The minimum absolute atomic E-state index is 0.474. The Morgan fingerprint density at radius 3 is 1.05 bits per heavy atom. The smallest absolute Gasteiger partial charge is 0.160 e. The lowest BCUT2D eigenvalue weighted by Gasteiger charge is -2.36. The average molecular weight is 981 g/mol. The van der Waals surface area contributed by atoms with Crippen molar-refractivity contribution < 1.29 is 9.47 Å². The topological polar surface area (TPSA) is 128 Å². The monoisotopic (exact) mass is 980 g/mol. The number of nitrogens with zero attached hydrogens (tertiary/aromatic N) is 10. The van der Waals surface area contributed by atoms with Crippen molar-refractivity contribution in [3.63, 3.8) is 0 Å². The number of hydrogen-bond donors (Lipinski definition) is 0. The van der Waals surface area contributed by atoms with Gasteiger partial charge in [0, 0.05) is 70.8 Å². The molecule has 2 aliphatic rings. The van der Waals surface area contributed by atoms with Gasteiger partial charge in [0.25, 0.3) is 0 Å². The fourth-order valence-electron chi connectivity index (χ4n) is 9.81. The largest absolute Gasteiger partial charge is 0.453 e. The van der Waals surface area contributed by atoms with Crippen molar-refractivity contribution in [3.05, 3.63) is 243 Å². The molecule has 0 N–H and O–H groups in total. The summed E-state index contributed by atoms with van der Waals surface area (Å²) in [5.41, 5.74) is 14.3. The zero-order valence-corrected chi connectivity index (χ0v) is 40.4. The fraction of sp³-hybridized carbons (Fsp3) is 0. The predicted molar refractivity (Wildman–Crippen MR) is 296 cm³/mol. The molecule has 0 amide bonds. The van der Waals surface area contributed by atoms with Crippen LogP contribution in [0.5, 0.6) is 23.0 Å². The Morgan fingerprint density at radius 2 is 0.658 bits per heavy atom. The van der Waals surface area contributed by atoms with E-state index in [1.807, 2.05) is 158 Å². The second-order valence-electron chi connectivity index (χ2n) is 18.1. The first-order chi connectivity index (χ1) is 37.6. The molecule has 0 radical (unpaired) electrons. The summed E-state index contributed by atoms with van der Waals surface area (Å²) in [4.78, 5) is 44.1. The summed E-state index contributed by atoms with van der Waals surface area (Å²) >= 11 is 0. The molecular weight excluding hydrogens is 941 g/mol. The molecule has 0 aliphatic carbocycles. The van der Waals surface area contributed by atoms with Gasteiger partial charge in [-0.25, -0.2) is 19.9 Å². The van der Waals surface area contributed by atoms with Crippen molar-refractivity contribution in [1.29, 1.82) is 0 Å². The van der Waals surface area contributed by atoms with E-state index in [9.17, 15) is 0 Å². The molecule has 6 aromatic heterocycles. The van der Waals surface area contributed by atoms with Crippen molar-refractivity contribution in [3.8, 4) is 102 Å². The number of para-hydroxylation sites is 8. The maximum atomic E-state index is 6.57. The first-order valence-electron chi connectivity index (χ1n) is 24.7. The first-order valence-corrected chi connectivity index (χ1v) is 24.7. The Morgan fingerprint density at radius 1 is 0.276 bits per heavy atom. The van der Waals surface area contributed by atoms with Crippen LogP contribution in [0.15, 0.2) is 243 Å². The Bertz CT molecular complexity index is 3680. The molecule has 2 aliphatic heterocycles. The van der Waals surface area contributed by atoms with E-state index in [1.54, 1.807) is 24.8 Å². The Hall–Kier alpha value is -10.7. The van der Waals surface area contributed by atoms with Crippen molar-refractivity contribution in [2.24, 2.45) is 0 Å². The Kier molecular flexibility index (Phi) is 10.8. The number of hydrogen-bond acceptors (Lipinski definition) is 12. The molecule has 0 spiro atoms. The van der Waals surface area contributed by atoms with Gasteiger partial charge in [0.2, 0.25) is 0 Å². The maximum absolute atomic E-state index is 6.57. The van der Waals surface area contributed by atoms with Crippen molar-refractivity contribution in [1.82, 2.24) is 39.9 Å². The number of fused-ring (bicyclic) bond motifs is 4. The minimum atomic E-state index is 0.474. The van der Waals surface area contributed by atoms with E-state index in [1.165, 1.54) is 0 Å². The van der Waals surface area contributed by atoms with Gasteiger partial charge in [-0.1, -0.05) is 60.7 Å². The highest BCUT2D eigenvalue weighted by atomic mass is 16.5. The van der Waals surface area contributed by atoms with Crippen molar-refractivity contribution >= 4 is 34.1 Å². The molecule has 12 nitrogen and oxygen atoms in total. The molecule has 14 rings (SSSR count). The van der Waals surface area contributed by atoms with E-state index in [2.05, 4.69) is 80.4 Å². The number of pyridine rings is 4. The highest BCUT2D eigenvalue weighted by Crippen LogP contribution is 2.55. The van der Waals surface area contributed by atoms with Crippen LogP contribution in [0.3, 0.4) is 0 Å². The fourth-order valence-corrected chi connectivity index (χ4v) is 9.81. The van der Waals surface area contributed by atoms with Crippen LogP contribution in [-0.4, -0.2) is 39.9 Å². The summed E-state index contributed by atoms with van der Waals surface area (Å²) < 4.78 is 13.1. The standard InChI is InChI=1S/C64H40N10O2/c1-5-23-59-55(19-1)73(56-20-2-6-24-60(56)75-59)47-34-44(35-48(36-47)74-57-21-3-7-25-61(57)76-62-26-8-4-22-58(62)74)43-31-45(63-69-51(41-15-13-27-65-39-41)37-53(71-63)49-17-9-11-29-67-49)33-46(32-43)64-70-52(42-16-14-28-66-40-42)38-54(72-64)50-18-10-12-30-68-50/h1-40H. The predicted octanol–water partition coefficient (Wildman–Crippen LogP) is 15.7. The van der Waals surface area contributed by atoms with Crippen LogP contribution in [-0.2, 0) is 0 Å². The van der Waals surface area contributed by atoms with E-state index in [0.29, 0.717) is 45.8 Å². The normalized spacial score (nSPS) is 12.1. The quantitative estimate of drug-likeness (QED) is 0.137. The summed E-state index contributed by atoms with van der Waals surface area (Å²) in [6, 6.07) is 68.9. The van der Waals surface area contributed by atoms with Crippen LogP contribution in [0.2, 0.25) is 0 Å². The van der Waals surface area contributed by atoms with Gasteiger partial charge in [0.15, 0.2) is 34.6 Å². The second-order valence-corrected chi connectivity index (χ2v) is 18.1. The maximum Gasteiger partial charge on any atom is 0.160 e. The minimum Gasteiger partial charge on any atom is -0.453 e. The zero-order valence-electron chi connectivity index (χ0n) is 40.4. The van der Waals surface area contributed by atoms with Gasteiger partial charge < -0.3 is 19.3 Å². The number of rotatable bonds is 9. The molecule has 358 valence electrons. The van der Waals surface area contributed by atoms with Crippen LogP contribution >= 0.6 is 0 Å². The number of ether oxygens (including phenoxy) is 2. The Balaban J connectivity index is 1.06. The van der Waals surface area contributed by atoms with Gasteiger partial charge in [0.05, 0.1) is 56.9 Å². The van der Waals surface area contributed by atoms with E-state index in [4.69, 9.17) is 39.4 Å². The van der Waals surface area contributed by atoms with Crippen LogP contribution in [0.25, 0.3) is 79.2 Å².